The number of hydrogen-bond donors (Lipinski definition) is 0. The van der Waals surface area contributed by atoms with Crippen LogP contribution in [0, 0.1) is 0 Å². The third-order valence-electron chi connectivity index (χ3n) is 2.87. The predicted octanol–water partition coefficient (Wildman–Crippen LogP) is 4.83. The van der Waals surface area contributed by atoms with E-state index in [-0.39, 0.29) is 11.4 Å². The zero-order valence-electron chi connectivity index (χ0n) is 11.1. The summed E-state index contributed by atoms with van der Waals surface area (Å²) in [4.78, 5) is -0.212. The van der Waals surface area contributed by atoms with Gasteiger partial charge < -0.3 is 4.74 Å². The van der Waals surface area contributed by atoms with Crippen LogP contribution in [0.25, 0.3) is 0 Å². The van der Waals surface area contributed by atoms with Crippen LogP contribution >= 0.6 is 15.9 Å². The molecule has 0 spiro atoms. The first kappa shape index (κ1) is 16.5. The molecule has 0 fully saturated rings. The fraction of sp³-hybridized carbons (Fsp3) is 0.571. The highest BCUT2D eigenvalue weighted by atomic mass is 79.9. The van der Waals surface area contributed by atoms with Crippen molar-refractivity contribution in [1.29, 1.82) is 0 Å². The zero-order valence-corrected chi connectivity index (χ0v) is 12.6. The molecule has 0 aliphatic rings. The fourth-order valence-corrected chi connectivity index (χ4v) is 2.46. The van der Waals surface area contributed by atoms with Crippen LogP contribution in [-0.2, 0) is 17.6 Å². The lowest BCUT2D eigenvalue weighted by atomic mass is 9.99. The molecule has 0 amide bonds. The minimum Gasteiger partial charge on any atom is -0.371 e. The smallest absolute Gasteiger partial charge is 0.371 e. The number of ether oxygens (including phenoxy) is 1. The lowest BCUT2D eigenvalue weighted by Crippen LogP contribution is -2.18. The molecule has 0 N–H and O–H groups in total. The molecule has 1 unspecified atom stereocenters. The van der Waals surface area contributed by atoms with Crippen LogP contribution < -0.4 is 0 Å². The maximum atomic E-state index is 12.0. The molecule has 0 aliphatic carbocycles. The Bertz CT molecular complexity index is 404. The summed E-state index contributed by atoms with van der Waals surface area (Å²) in [6.07, 6.45) is -2.52. The Morgan fingerprint density at radius 1 is 1.21 bits per heavy atom. The fourth-order valence-electron chi connectivity index (χ4n) is 1.85. The van der Waals surface area contributed by atoms with E-state index in [4.69, 9.17) is 4.74 Å². The van der Waals surface area contributed by atoms with Crippen molar-refractivity contribution in [2.75, 3.05) is 13.2 Å². The summed E-state index contributed by atoms with van der Waals surface area (Å²) in [6, 6.07) is 6.13. The highest BCUT2D eigenvalue weighted by Gasteiger charge is 2.28. The molecule has 1 nitrogen and oxygen atoms in total. The number of rotatable bonds is 6. The van der Waals surface area contributed by atoms with Gasteiger partial charge in [-0.3, -0.25) is 0 Å². The summed E-state index contributed by atoms with van der Waals surface area (Å²) < 4.78 is 40.8. The Labute approximate surface area is 120 Å². The summed E-state index contributed by atoms with van der Waals surface area (Å²) in [5, 5.41) is 0. The number of aryl methyl sites for hydroxylation is 2. The third-order valence-corrected chi connectivity index (χ3v) is 3.62. The van der Waals surface area contributed by atoms with Gasteiger partial charge in [0.25, 0.3) is 0 Å². The van der Waals surface area contributed by atoms with Gasteiger partial charge in [-0.25, -0.2) is 0 Å². The van der Waals surface area contributed by atoms with Crippen LogP contribution in [-0.4, -0.2) is 19.4 Å². The van der Waals surface area contributed by atoms with Crippen LogP contribution in [0.5, 0.6) is 0 Å². The quantitative estimate of drug-likeness (QED) is 0.675. The van der Waals surface area contributed by atoms with E-state index in [1.165, 1.54) is 5.56 Å². The molecule has 1 rings (SSSR count). The van der Waals surface area contributed by atoms with Crippen molar-refractivity contribution in [2.45, 2.75) is 37.7 Å². The second kappa shape index (κ2) is 7.29. The van der Waals surface area contributed by atoms with Crippen LogP contribution in [0.1, 0.15) is 35.4 Å². The van der Waals surface area contributed by atoms with Crippen LogP contribution in [0.3, 0.4) is 0 Å². The standard InChI is InChI=1S/C14H18BrF3O/c1-3-10-5-6-11(4-2)12(7-10)13(15)8-19-9-14(16,17)18/h5-7,13H,3-4,8-9H2,1-2H3. The molecule has 0 aromatic heterocycles. The molecule has 0 saturated carbocycles. The summed E-state index contributed by atoms with van der Waals surface area (Å²) >= 11 is 3.42. The van der Waals surface area contributed by atoms with Gasteiger partial charge in [0, 0.05) is 0 Å². The number of hydrogen-bond acceptors (Lipinski definition) is 1. The number of halogens is 4. The molecule has 1 aromatic rings. The van der Waals surface area contributed by atoms with E-state index >= 15 is 0 Å². The maximum absolute atomic E-state index is 12.0. The average Bonchev–Trinajstić information content (AvgIpc) is 2.36. The summed E-state index contributed by atoms with van der Waals surface area (Å²) in [5.41, 5.74) is 3.33. The summed E-state index contributed by atoms with van der Waals surface area (Å²) in [7, 11) is 0. The number of benzene rings is 1. The molecule has 0 bridgehead atoms. The SMILES string of the molecule is CCc1ccc(CC)c(C(Br)COCC(F)(F)F)c1. The van der Waals surface area contributed by atoms with E-state index < -0.39 is 12.8 Å². The van der Waals surface area contributed by atoms with Crippen molar-refractivity contribution < 1.29 is 17.9 Å². The lowest BCUT2D eigenvalue weighted by Gasteiger charge is -2.16. The normalized spacial score (nSPS) is 13.6. The van der Waals surface area contributed by atoms with Gasteiger partial charge in [0.15, 0.2) is 0 Å². The second-order valence-electron chi connectivity index (χ2n) is 4.34. The Balaban J connectivity index is 2.72. The average molecular weight is 339 g/mol. The minimum absolute atomic E-state index is 0.0136. The van der Waals surface area contributed by atoms with Gasteiger partial charge in [-0.05, 0) is 29.5 Å². The molecular formula is C14H18BrF3O. The van der Waals surface area contributed by atoms with Gasteiger partial charge in [0.2, 0.25) is 0 Å². The summed E-state index contributed by atoms with van der Waals surface area (Å²) in [6.45, 7) is 2.89. The lowest BCUT2D eigenvalue weighted by molar-refractivity contribution is -0.173. The van der Waals surface area contributed by atoms with Crippen LogP contribution in [0.2, 0.25) is 0 Å². The summed E-state index contributed by atoms with van der Waals surface area (Å²) in [5.74, 6) is 0. The molecular weight excluding hydrogens is 321 g/mol. The molecule has 1 atom stereocenters. The first-order valence-electron chi connectivity index (χ1n) is 6.27. The molecule has 5 heteroatoms. The van der Waals surface area contributed by atoms with Crippen molar-refractivity contribution in [3.05, 3.63) is 34.9 Å². The van der Waals surface area contributed by atoms with Crippen molar-refractivity contribution in [3.8, 4) is 0 Å². The van der Waals surface area contributed by atoms with Gasteiger partial charge in [-0.1, -0.05) is 48.0 Å². The highest BCUT2D eigenvalue weighted by molar-refractivity contribution is 9.09. The molecule has 0 saturated heterocycles. The molecule has 0 aliphatic heterocycles. The Hall–Kier alpha value is -0.550. The van der Waals surface area contributed by atoms with Gasteiger partial charge >= 0.3 is 6.18 Å². The van der Waals surface area contributed by atoms with Crippen LogP contribution in [0.15, 0.2) is 18.2 Å². The van der Waals surface area contributed by atoms with Crippen LogP contribution in [0.4, 0.5) is 13.2 Å². The third kappa shape index (κ3) is 5.53. The molecule has 19 heavy (non-hydrogen) atoms. The van der Waals surface area contributed by atoms with E-state index in [2.05, 4.69) is 22.0 Å². The Morgan fingerprint density at radius 2 is 1.89 bits per heavy atom. The van der Waals surface area contributed by atoms with E-state index in [1.54, 1.807) is 0 Å². The molecule has 108 valence electrons. The molecule has 1 aromatic carbocycles. The van der Waals surface area contributed by atoms with E-state index in [0.717, 1.165) is 24.0 Å². The Kier molecular flexibility index (Phi) is 6.33. The van der Waals surface area contributed by atoms with Gasteiger partial charge in [0.1, 0.15) is 6.61 Å². The maximum Gasteiger partial charge on any atom is 0.411 e. The van der Waals surface area contributed by atoms with Crippen molar-refractivity contribution >= 4 is 15.9 Å². The van der Waals surface area contributed by atoms with Crippen molar-refractivity contribution in [1.82, 2.24) is 0 Å². The zero-order chi connectivity index (χ0) is 14.5. The van der Waals surface area contributed by atoms with E-state index in [9.17, 15) is 13.2 Å². The largest absolute Gasteiger partial charge is 0.411 e. The molecule has 0 heterocycles. The van der Waals surface area contributed by atoms with Gasteiger partial charge in [-0.2, -0.15) is 13.2 Å². The van der Waals surface area contributed by atoms with E-state index in [1.807, 2.05) is 26.0 Å². The van der Waals surface area contributed by atoms with E-state index in [0.29, 0.717) is 0 Å². The molecule has 0 radical (unpaired) electrons. The first-order valence-corrected chi connectivity index (χ1v) is 7.19. The van der Waals surface area contributed by atoms with Crippen molar-refractivity contribution in [2.24, 2.45) is 0 Å². The topological polar surface area (TPSA) is 9.23 Å². The van der Waals surface area contributed by atoms with Gasteiger partial charge in [-0.15, -0.1) is 0 Å². The van der Waals surface area contributed by atoms with Gasteiger partial charge in [0.05, 0.1) is 11.4 Å². The predicted molar refractivity (Wildman–Crippen MR) is 73.7 cm³/mol. The highest BCUT2D eigenvalue weighted by Crippen LogP contribution is 2.29. The second-order valence-corrected chi connectivity index (χ2v) is 5.44. The minimum atomic E-state index is -4.27. The Morgan fingerprint density at radius 3 is 2.42 bits per heavy atom. The number of alkyl halides is 4. The monoisotopic (exact) mass is 338 g/mol. The van der Waals surface area contributed by atoms with Crippen molar-refractivity contribution in [3.63, 3.8) is 0 Å². The first-order chi connectivity index (χ1) is 8.87.